The maximum atomic E-state index is 13.4. The van der Waals surface area contributed by atoms with E-state index in [-0.39, 0.29) is 6.04 Å². The number of halogens is 1. The maximum absolute atomic E-state index is 13.4. The molecule has 1 aliphatic heterocycles. The standard InChI is InChI=1S/C10H14FN3O2S/c1-14(8-4-6-12-7-8)17(15,16)10-9(11)3-2-5-13-10/h2-3,5,8,12H,4,6-7H2,1H3. The van der Waals surface area contributed by atoms with Crippen LogP contribution in [0.2, 0.25) is 0 Å². The Bertz CT molecular complexity index is 500. The highest BCUT2D eigenvalue weighted by Crippen LogP contribution is 2.19. The number of hydrogen-bond acceptors (Lipinski definition) is 4. The lowest BCUT2D eigenvalue weighted by Gasteiger charge is -2.22. The molecule has 1 N–H and O–H groups in total. The van der Waals surface area contributed by atoms with Gasteiger partial charge in [-0.05, 0) is 25.1 Å². The summed E-state index contributed by atoms with van der Waals surface area (Å²) < 4.78 is 38.9. The number of hydrogen-bond donors (Lipinski definition) is 1. The van der Waals surface area contributed by atoms with Crippen LogP contribution in [0, 0.1) is 5.82 Å². The average molecular weight is 259 g/mol. The molecular weight excluding hydrogens is 245 g/mol. The largest absolute Gasteiger partial charge is 0.315 e. The third-order valence-electron chi connectivity index (χ3n) is 2.90. The van der Waals surface area contributed by atoms with Crippen LogP contribution in [-0.4, -0.2) is 43.9 Å². The van der Waals surface area contributed by atoms with Gasteiger partial charge in [0.1, 0.15) is 0 Å². The third-order valence-corrected chi connectivity index (χ3v) is 4.74. The van der Waals surface area contributed by atoms with Gasteiger partial charge in [0.15, 0.2) is 5.82 Å². The van der Waals surface area contributed by atoms with Crippen molar-refractivity contribution in [3.8, 4) is 0 Å². The predicted octanol–water partition coefficient (Wildman–Crippen LogP) is 0.203. The van der Waals surface area contributed by atoms with Gasteiger partial charge in [-0.1, -0.05) is 0 Å². The third kappa shape index (κ3) is 2.31. The van der Waals surface area contributed by atoms with E-state index in [0.29, 0.717) is 6.54 Å². The fraction of sp³-hybridized carbons (Fsp3) is 0.500. The van der Waals surface area contributed by atoms with Crippen LogP contribution in [0.25, 0.3) is 0 Å². The Kier molecular flexibility index (Phi) is 3.41. The first kappa shape index (κ1) is 12.4. The van der Waals surface area contributed by atoms with Gasteiger partial charge in [-0.15, -0.1) is 0 Å². The molecule has 1 atom stereocenters. The molecule has 1 aromatic heterocycles. The Morgan fingerprint density at radius 2 is 2.35 bits per heavy atom. The average Bonchev–Trinajstić information content (AvgIpc) is 2.81. The predicted molar refractivity (Wildman–Crippen MR) is 60.4 cm³/mol. The number of likely N-dealkylation sites (N-methyl/N-ethyl adjacent to an activating group) is 1. The van der Waals surface area contributed by atoms with Gasteiger partial charge in [-0.3, -0.25) is 0 Å². The molecule has 5 nitrogen and oxygen atoms in total. The smallest absolute Gasteiger partial charge is 0.263 e. The van der Waals surface area contributed by atoms with E-state index >= 15 is 0 Å². The molecule has 1 aliphatic rings. The molecule has 2 rings (SSSR count). The summed E-state index contributed by atoms with van der Waals surface area (Å²) >= 11 is 0. The molecule has 1 fully saturated rings. The molecule has 94 valence electrons. The Morgan fingerprint density at radius 3 is 2.94 bits per heavy atom. The normalized spacial score (nSPS) is 21.0. The van der Waals surface area contributed by atoms with Gasteiger partial charge in [0, 0.05) is 25.8 Å². The second kappa shape index (κ2) is 4.67. The second-order valence-electron chi connectivity index (χ2n) is 3.96. The van der Waals surface area contributed by atoms with Crippen molar-refractivity contribution in [2.45, 2.75) is 17.5 Å². The van der Waals surface area contributed by atoms with Crippen molar-refractivity contribution < 1.29 is 12.8 Å². The lowest BCUT2D eigenvalue weighted by molar-refractivity contribution is 0.382. The summed E-state index contributed by atoms with van der Waals surface area (Å²) in [5.41, 5.74) is 0. The van der Waals surface area contributed by atoms with E-state index < -0.39 is 20.9 Å². The molecule has 0 amide bonds. The van der Waals surface area contributed by atoms with Crippen LogP contribution in [0.5, 0.6) is 0 Å². The van der Waals surface area contributed by atoms with Gasteiger partial charge in [0.25, 0.3) is 10.0 Å². The second-order valence-corrected chi connectivity index (χ2v) is 5.87. The monoisotopic (exact) mass is 259 g/mol. The summed E-state index contributed by atoms with van der Waals surface area (Å²) in [5, 5.41) is 2.57. The van der Waals surface area contributed by atoms with Crippen molar-refractivity contribution in [3.63, 3.8) is 0 Å². The first-order valence-electron chi connectivity index (χ1n) is 5.33. The first-order chi connectivity index (χ1) is 8.03. The van der Waals surface area contributed by atoms with Gasteiger partial charge in [0.05, 0.1) is 0 Å². The molecule has 0 saturated carbocycles. The highest BCUT2D eigenvalue weighted by molar-refractivity contribution is 7.89. The zero-order chi connectivity index (χ0) is 12.5. The minimum atomic E-state index is -3.85. The summed E-state index contributed by atoms with van der Waals surface area (Å²) in [7, 11) is -2.39. The van der Waals surface area contributed by atoms with Gasteiger partial charge in [0.2, 0.25) is 5.03 Å². The summed E-state index contributed by atoms with van der Waals surface area (Å²) in [5.74, 6) is -0.815. The quantitative estimate of drug-likeness (QED) is 0.842. The van der Waals surface area contributed by atoms with Crippen LogP contribution in [0.3, 0.4) is 0 Å². The Balaban J connectivity index is 2.33. The van der Waals surface area contributed by atoms with Crippen molar-refractivity contribution in [1.29, 1.82) is 0 Å². The van der Waals surface area contributed by atoms with E-state index in [0.717, 1.165) is 19.0 Å². The van der Waals surface area contributed by atoms with E-state index in [1.807, 2.05) is 0 Å². The molecule has 0 bridgehead atoms. The number of nitrogens with one attached hydrogen (secondary N) is 1. The fourth-order valence-electron chi connectivity index (χ4n) is 1.84. The zero-order valence-corrected chi connectivity index (χ0v) is 10.2. The number of sulfonamides is 1. The van der Waals surface area contributed by atoms with Gasteiger partial charge < -0.3 is 5.32 Å². The molecule has 0 spiro atoms. The topological polar surface area (TPSA) is 62.3 Å². The molecule has 0 aliphatic carbocycles. The van der Waals surface area contributed by atoms with Crippen molar-refractivity contribution in [3.05, 3.63) is 24.1 Å². The van der Waals surface area contributed by atoms with Gasteiger partial charge in [-0.25, -0.2) is 17.8 Å². The van der Waals surface area contributed by atoms with Crippen LogP contribution in [0.1, 0.15) is 6.42 Å². The molecule has 1 unspecified atom stereocenters. The van der Waals surface area contributed by atoms with E-state index in [1.54, 1.807) is 0 Å². The van der Waals surface area contributed by atoms with Crippen molar-refractivity contribution in [1.82, 2.24) is 14.6 Å². The lowest BCUT2D eigenvalue weighted by atomic mass is 10.3. The SMILES string of the molecule is CN(C1CCNC1)S(=O)(=O)c1ncccc1F. The van der Waals surface area contributed by atoms with Gasteiger partial charge in [-0.2, -0.15) is 4.31 Å². The van der Waals surface area contributed by atoms with E-state index in [1.165, 1.54) is 23.6 Å². The zero-order valence-electron chi connectivity index (χ0n) is 9.43. The molecule has 1 saturated heterocycles. The van der Waals surface area contributed by atoms with Crippen molar-refractivity contribution >= 4 is 10.0 Å². The molecule has 0 aromatic carbocycles. The first-order valence-corrected chi connectivity index (χ1v) is 6.77. The summed E-state index contributed by atoms with van der Waals surface area (Å²) in [6, 6.07) is 2.33. The van der Waals surface area contributed by atoms with Gasteiger partial charge >= 0.3 is 0 Å². The number of rotatable bonds is 3. The van der Waals surface area contributed by atoms with Crippen molar-refractivity contribution in [2.24, 2.45) is 0 Å². The van der Waals surface area contributed by atoms with Crippen LogP contribution < -0.4 is 5.32 Å². The number of nitrogens with zero attached hydrogens (tertiary/aromatic N) is 2. The molecule has 17 heavy (non-hydrogen) atoms. The summed E-state index contributed by atoms with van der Waals surface area (Å²) in [6.07, 6.45) is 2.00. The van der Waals surface area contributed by atoms with E-state index in [4.69, 9.17) is 0 Å². The van der Waals surface area contributed by atoms with Crippen molar-refractivity contribution in [2.75, 3.05) is 20.1 Å². The number of aromatic nitrogens is 1. The molecular formula is C10H14FN3O2S. The Hall–Kier alpha value is -1.05. The van der Waals surface area contributed by atoms with Crippen LogP contribution >= 0.6 is 0 Å². The lowest BCUT2D eigenvalue weighted by Crippen LogP contribution is -2.39. The van der Waals surface area contributed by atoms with Crippen LogP contribution in [0.4, 0.5) is 4.39 Å². The Morgan fingerprint density at radius 1 is 1.59 bits per heavy atom. The molecule has 7 heteroatoms. The van der Waals surface area contributed by atoms with Crippen LogP contribution in [0.15, 0.2) is 23.4 Å². The molecule has 2 heterocycles. The van der Waals surface area contributed by atoms with Crippen LogP contribution in [-0.2, 0) is 10.0 Å². The Labute approximate surface area is 99.7 Å². The summed E-state index contributed by atoms with van der Waals surface area (Å²) in [4.78, 5) is 3.62. The molecule has 1 aromatic rings. The van der Waals surface area contributed by atoms with E-state index in [2.05, 4.69) is 10.3 Å². The summed E-state index contributed by atoms with van der Waals surface area (Å²) in [6.45, 7) is 1.36. The molecule has 0 radical (unpaired) electrons. The highest BCUT2D eigenvalue weighted by atomic mass is 32.2. The maximum Gasteiger partial charge on any atom is 0.263 e. The minimum Gasteiger partial charge on any atom is -0.315 e. The van der Waals surface area contributed by atoms with E-state index in [9.17, 15) is 12.8 Å². The number of pyridine rings is 1. The minimum absolute atomic E-state index is 0.138. The fourth-order valence-corrected chi connectivity index (χ4v) is 3.20. The highest BCUT2D eigenvalue weighted by Gasteiger charge is 2.32.